The van der Waals surface area contributed by atoms with Crippen molar-refractivity contribution in [2.45, 2.75) is 6.42 Å². The van der Waals surface area contributed by atoms with E-state index >= 15 is 0 Å². The molecule has 6 nitrogen and oxygen atoms in total. The van der Waals surface area contributed by atoms with Gasteiger partial charge in [-0.2, -0.15) is 5.10 Å². The maximum atomic E-state index is 11.7. The number of carbonyl (C=O) groups is 1. The van der Waals surface area contributed by atoms with Crippen LogP contribution in [0.2, 0.25) is 0 Å². The second kappa shape index (κ2) is 4.74. The van der Waals surface area contributed by atoms with Gasteiger partial charge in [-0.1, -0.05) is 12.1 Å². The highest BCUT2D eigenvalue weighted by molar-refractivity contribution is 5.93. The highest BCUT2D eigenvalue weighted by atomic mass is 35.5. The van der Waals surface area contributed by atoms with Crippen LogP contribution in [0.25, 0.3) is 22.2 Å². The lowest BCUT2D eigenvalue weighted by atomic mass is 10.1. The van der Waals surface area contributed by atoms with Gasteiger partial charge >= 0.3 is 5.97 Å². The summed E-state index contributed by atoms with van der Waals surface area (Å²) >= 11 is 0. The van der Waals surface area contributed by atoms with Gasteiger partial charge in [-0.3, -0.25) is 9.59 Å². The molecule has 0 bridgehead atoms. The topological polar surface area (TPSA) is 96.2 Å². The summed E-state index contributed by atoms with van der Waals surface area (Å²) in [6, 6.07) is 7.05. The van der Waals surface area contributed by atoms with Gasteiger partial charge in [0.2, 0.25) is 0 Å². The molecule has 1 aromatic rings. The van der Waals surface area contributed by atoms with Crippen LogP contribution in [0.1, 0.15) is 5.76 Å². The number of aliphatic carboxylic acids is 1. The molecule has 0 saturated heterocycles. The molecule has 7 heteroatoms. The monoisotopic (exact) mass is 280 g/mol. The number of halogens is 1. The summed E-state index contributed by atoms with van der Waals surface area (Å²) < 4.78 is 5.48. The molecule has 0 unspecified atom stereocenters. The van der Waals surface area contributed by atoms with Gasteiger partial charge in [-0.05, 0) is 12.1 Å². The molecule has 0 aromatic heterocycles. The SMILES string of the molecule is Cl.O=C(O)Cc1oc2ccccc2c2n[nH]c(=O)c1-2. The van der Waals surface area contributed by atoms with Crippen LogP contribution in [0.3, 0.4) is 0 Å². The van der Waals surface area contributed by atoms with Crippen LogP contribution in [-0.4, -0.2) is 21.3 Å². The van der Waals surface area contributed by atoms with Gasteiger partial charge in [0.25, 0.3) is 5.56 Å². The first-order valence-electron chi connectivity index (χ1n) is 5.27. The van der Waals surface area contributed by atoms with E-state index in [0.29, 0.717) is 16.7 Å². The molecule has 2 N–H and O–H groups in total. The minimum absolute atomic E-state index is 0. The predicted molar refractivity (Wildman–Crippen MR) is 69.8 cm³/mol. The number of nitrogens with one attached hydrogen (secondary N) is 1. The van der Waals surface area contributed by atoms with E-state index in [-0.39, 0.29) is 30.2 Å². The fraction of sp³-hybridized carbons (Fsp3) is 0.0833. The molecule has 0 aliphatic carbocycles. The first kappa shape index (κ1) is 13.1. The third kappa shape index (κ3) is 2.06. The van der Waals surface area contributed by atoms with Crippen molar-refractivity contribution in [3.8, 4) is 11.3 Å². The maximum Gasteiger partial charge on any atom is 0.311 e. The van der Waals surface area contributed by atoms with Crippen molar-refractivity contribution in [1.82, 2.24) is 10.2 Å². The van der Waals surface area contributed by atoms with E-state index in [1.54, 1.807) is 24.3 Å². The van der Waals surface area contributed by atoms with E-state index < -0.39 is 11.5 Å². The highest BCUT2D eigenvalue weighted by Crippen LogP contribution is 2.30. The molecule has 0 atom stereocenters. The number of fused-ring (bicyclic) bond motifs is 3. The smallest absolute Gasteiger partial charge is 0.311 e. The number of carboxylic acids is 1. The Morgan fingerprint density at radius 1 is 1.37 bits per heavy atom. The molecule has 1 aromatic carbocycles. The van der Waals surface area contributed by atoms with Crippen LogP contribution in [0, 0.1) is 0 Å². The fourth-order valence-electron chi connectivity index (χ4n) is 1.98. The molecular weight excluding hydrogens is 272 g/mol. The summed E-state index contributed by atoms with van der Waals surface area (Å²) in [6.07, 6.45) is -0.351. The number of hydrogen-bond acceptors (Lipinski definition) is 4. The molecule has 0 amide bonds. The number of H-pyrrole nitrogens is 1. The molecule has 0 radical (unpaired) electrons. The Hall–Kier alpha value is -2.34. The Labute approximate surface area is 112 Å². The van der Waals surface area contributed by atoms with Gasteiger partial charge in [-0.25, -0.2) is 5.10 Å². The Balaban J connectivity index is 0.00000133. The van der Waals surface area contributed by atoms with Crippen LogP contribution in [0.5, 0.6) is 0 Å². The summed E-state index contributed by atoms with van der Waals surface area (Å²) in [6.45, 7) is 0. The summed E-state index contributed by atoms with van der Waals surface area (Å²) in [5, 5.41) is 15.8. The molecule has 0 saturated carbocycles. The minimum atomic E-state index is -1.06. The first-order chi connectivity index (χ1) is 8.66. The molecule has 2 aliphatic heterocycles. The van der Waals surface area contributed by atoms with Crippen LogP contribution in [-0.2, 0) is 11.2 Å². The van der Waals surface area contributed by atoms with Crippen LogP contribution >= 0.6 is 12.4 Å². The Morgan fingerprint density at radius 3 is 2.84 bits per heavy atom. The first-order valence-corrected chi connectivity index (χ1v) is 5.27. The molecular formula is C12H9ClN2O4. The van der Waals surface area contributed by atoms with E-state index in [2.05, 4.69) is 10.2 Å². The van der Waals surface area contributed by atoms with E-state index in [0.717, 1.165) is 0 Å². The lowest BCUT2D eigenvalue weighted by molar-refractivity contribution is -0.136. The summed E-state index contributed by atoms with van der Waals surface area (Å²) in [5.74, 6) is -0.939. The van der Waals surface area contributed by atoms with Crippen molar-refractivity contribution >= 4 is 29.3 Å². The van der Waals surface area contributed by atoms with Crippen molar-refractivity contribution in [3.63, 3.8) is 0 Å². The molecule has 19 heavy (non-hydrogen) atoms. The summed E-state index contributed by atoms with van der Waals surface area (Å²) in [7, 11) is 0. The zero-order valence-electron chi connectivity index (χ0n) is 9.54. The van der Waals surface area contributed by atoms with Crippen molar-refractivity contribution in [1.29, 1.82) is 0 Å². The normalized spacial score (nSPS) is 10.5. The number of carboxylic acid groups (broad SMARTS) is 1. The summed E-state index contributed by atoms with van der Waals surface area (Å²) in [4.78, 5) is 22.4. The quantitative estimate of drug-likeness (QED) is 0.744. The molecule has 2 heterocycles. The largest absolute Gasteiger partial charge is 0.481 e. The number of rotatable bonds is 2. The van der Waals surface area contributed by atoms with Crippen molar-refractivity contribution in [2.75, 3.05) is 0 Å². The number of hydrogen-bond donors (Lipinski definition) is 2. The number of para-hydroxylation sites is 1. The number of aromatic nitrogens is 2. The predicted octanol–water partition coefficient (Wildman–Crippen LogP) is 1.67. The van der Waals surface area contributed by atoms with Crippen LogP contribution in [0.4, 0.5) is 0 Å². The van der Waals surface area contributed by atoms with Gasteiger partial charge in [-0.15, -0.1) is 12.4 Å². The molecule has 2 aliphatic rings. The van der Waals surface area contributed by atoms with E-state index in [1.165, 1.54) is 0 Å². The van der Waals surface area contributed by atoms with Crippen LogP contribution < -0.4 is 5.56 Å². The average Bonchev–Trinajstić information content (AvgIpc) is 2.72. The van der Waals surface area contributed by atoms with Gasteiger partial charge < -0.3 is 9.52 Å². The lowest BCUT2D eigenvalue weighted by Gasteiger charge is -2.06. The van der Waals surface area contributed by atoms with Crippen LogP contribution in [0.15, 0.2) is 33.5 Å². The van der Waals surface area contributed by atoms with Gasteiger partial charge in [0.1, 0.15) is 29.0 Å². The fourth-order valence-corrected chi connectivity index (χ4v) is 1.98. The molecule has 0 spiro atoms. The maximum absolute atomic E-state index is 11.7. The second-order valence-corrected chi connectivity index (χ2v) is 3.87. The van der Waals surface area contributed by atoms with Gasteiger partial charge in [0, 0.05) is 5.39 Å². The zero-order chi connectivity index (χ0) is 12.7. The third-order valence-electron chi connectivity index (χ3n) is 2.70. The van der Waals surface area contributed by atoms with Gasteiger partial charge in [0.05, 0.1) is 0 Å². The second-order valence-electron chi connectivity index (χ2n) is 3.87. The average molecular weight is 281 g/mol. The Bertz CT molecular complexity index is 777. The van der Waals surface area contributed by atoms with Gasteiger partial charge in [0.15, 0.2) is 0 Å². The summed E-state index contributed by atoms with van der Waals surface area (Å²) in [5.41, 5.74) is 0.720. The van der Waals surface area contributed by atoms with E-state index in [4.69, 9.17) is 9.52 Å². The van der Waals surface area contributed by atoms with Crippen molar-refractivity contribution in [3.05, 3.63) is 40.4 Å². The standard InChI is InChI=1S/C12H8N2O4.ClH/c15-9(16)5-8-10-11(13-14-12(10)17)6-3-1-2-4-7(6)18-8;/h1-4H,5H2,(H,14,17)(H,15,16);1H. The third-order valence-corrected chi connectivity index (χ3v) is 2.70. The van der Waals surface area contributed by atoms with Crippen molar-refractivity contribution in [2.24, 2.45) is 0 Å². The molecule has 98 valence electrons. The minimum Gasteiger partial charge on any atom is -0.481 e. The van der Waals surface area contributed by atoms with E-state index in [9.17, 15) is 9.59 Å². The lowest BCUT2D eigenvalue weighted by Crippen LogP contribution is -2.08. The Morgan fingerprint density at radius 2 is 2.11 bits per heavy atom. The number of aromatic amines is 1. The van der Waals surface area contributed by atoms with Crippen molar-refractivity contribution < 1.29 is 14.3 Å². The number of benzene rings is 1. The molecule has 3 rings (SSSR count). The Kier molecular flexibility index (Phi) is 3.26. The zero-order valence-corrected chi connectivity index (χ0v) is 10.4. The molecule has 0 fully saturated rings. The number of nitrogens with zero attached hydrogens (tertiary/aromatic N) is 1. The van der Waals surface area contributed by atoms with E-state index in [1.807, 2.05) is 0 Å². The highest BCUT2D eigenvalue weighted by Gasteiger charge is 2.22.